The van der Waals surface area contributed by atoms with Gasteiger partial charge in [0.25, 0.3) is 5.78 Å². The fourth-order valence-corrected chi connectivity index (χ4v) is 3.46. The van der Waals surface area contributed by atoms with Gasteiger partial charge in [-0.2, -0.15) is 10.1 Å². The maximum atomic E-state index is 12.6. The molecule has 1 aromatic carbocycles. The molecule has 0 spiro atoms. The van der Waals surface area contributed by atoms with Crippen LogP contribution in [0.3, 0.4) is 0 Å². The third kappa shape index (κ3) is 4.63. The monoisotopic (exact) mass is 417 g/mol. The van der Waals surface area contributed by atoms with E-state index >= 15 is 0 Å². The largest absolute Gasteiger partial charge is 0.311 e. The van der Waals surface area contributed by atoms with Gasteiger partial charge in [-0.15, -0.1) is 5.10 Å². The topological polar surface area (TPSA) is 90.0 Å². The molecule has 0 unspecified atom stereocenters. The van der Waals surface area contributed by atoms with E-state index in [2.05, 4.69) is 70.5 Å². The number of carbonyl (C=O) groups excluding carboxylic acids is 1. The molecular formula is C23H27N7O. The average Bonchev–Trinajstić information content (AvgIpc) is 3.28. The highest BCUT2D eigenvalue weighted by molar-refractivity contribution is 5.91. The van der Waals surface area contributed by atoms with Crippen molar-refractivity contribution in [1.29, 1.82) is 0 Å². The second kappa shape index (κ2) is 7.94. The van der Waals surface area contributed by atoms with Crippen molar-refractivity contribution in [2.24, 2.45) is 0 Å². The molecule has 0 atom stereocenters. The number of aryl methyl sites for hydroxylation is 2. The SMILES string of the molecule is Cc1cc(C)n2nc(CC(=O)Nc3ccnn3Cc3ccc(C(C)(C)C)cc3)nc2n1. The molecule has 0 fully saturated rings. The van der Waals surface area contributed by atoms with E-state index in [-0.39, 0.29) is 17.7 Å². The van der Waals surface area contributed by atoms with Crippen molar-refractivity contribution in [2.75, 3.05) is 5.32 Å². The summed E-state index contributed by atoms with van der Waals surface area (Å²) in [5.74, 6) is 1.38. The molecule has 160 valence electrons. The van der Waals surface area contributed by atoms with Gasteiger partial charge in [-0.05, 0) is 36.5 Å². The molecule has 0 aliphatic heterocycles. The molecule has 8 nitrogen and oxygen atoms in total. The van der Waals surface area contributed by atoms with Crippen LogP contribution in [0.4, 0.5) is 5.82 Å². The lowest BCUT2D eigenvalue weighted by Crippen LogP contribution is -2.18. The lowest BCUT2D eigenvalue weighted by atomic mass is 9.87. The third-order valence-electron chi connectivity index (χ3n) is 5.12. The summed E-state index contributed by atoms with van der Waals surface area (Å²) in [5, 5.41) is 11.7. The predicted octanol–water partition coefficient (Wildman–Crippen LogP) is 3.46. The Balaban J connectivity index is 1.44. The first kappa shape index (κ1) is 20.7. The summed E-state index contributed by atoms with van der Waals surface area (Å²) >= 11 is 0. The van der Waals surface area contributed by atoms with Gasteiger partial charge < -0.3 is 5.32 Å². The first-order chi connectivity index (χ1) is 14.7. The van der Waals surface area contributed by atoms with E-state index in [0.717, 1.165) is 17.0 Å². The van der Waals surface area contributed by atoms with E-state index in [0.29, 0.717) is 24.0 Å². The lowest BCUT2D eigenvalue weighted by molar-refractivity contribution is -0.115. The van der Waals surface area contributed by atoms with Crippen LogP contribution in [0.1, 0.15) is 49.1 Å². The molecule has 0 saturated heterocycles. The molecular weight excluding hydrogens is 390 g/mol. The molecule has 0 bridgehead atoms. The van der Waals surface area contributed by atoms with Gasteiger partial charge in [-0.3, -0.25) is 4.79 Å². The number of amides is 1. The summed E-state index contributed by atoms with van der Waals surface area (Å²) < 4.78 is 3.43. The number of fused-ring (bicyclic) bond motifs is 1. The van der Waals surface area contributed by atoms with E-state index in [1.807, 2.05) is 19.9 Å². The fourth-order valence-electron chi connectivity index (χ4n) is 3.46. The minimum absolute atomic E-state index is 0.0628. The summed E-state index contributed by atoms with van der Waals surface area (Å²) in [5.41, 5.74) is 4.31. The highest BCUT2D eigenvalue weighted by Crippen LogP contribution is 2.22. The first-order valence-corrected chi connectivity index (χ1v) is 10.3. The number of carbonyl (C=O) groups is 1. The number of hydrogen-bond donors (Lipinski definition) is 1. The molecule has 3 aromatic heterocycles. The quantitative estimate of drug-likeness (QED) is 0.537. The molecule has 1 amide bonds. The van der Waals surface area contributed by atoms with Gasteiger partial charge in [0.1, 0.15) is 5.82 Å². The van der Waals surface area contributed by atoms with Crippen LogP contribution in [0.2, 0.25) is 0 Å². The molecule has 8 heteroatoms. The normalized spacial score (nSPS) is 11.8. The first-order valence-electron chi connectivity index (χ1n) is 10.3. The molecule has 4 aromatic rings. The van der Waals surface area contributed by atoms with Gasteiger partial charge in [-0.1, -0.05) is 45.0 Å². The summed E-state index contributed by atoms with van der Waals surface area (Å²) in [7, 11) is 0. The number of hydrogen-bond acceptors (Lipinski definition) is 5. The Morgan fingerprint density at radius 1 is 1.06 bits per heavy atom. The average molecular weight is 418 g/mol. The maximum Gasteiger partial charge on any atom is 0.252 e. The van der Waals surface area contributed by atoms with Gasteiger partial charge in [0.05, 0.1) is 19.2 Å². The Hall–Kier alpha value is -3.55. The van der Waals surface area contributed by atoms with Gasteiger partial charge in [0.2, 0.25) is 5.91 Å². The molecule has 0 saturated carbocycles. The minimum atomic E-state index is -0.199. The molecule has 0 aliphatic rings. The van der Waals surface area contributed by atoms with Gasteiger partial charge >= 0.3 is 0 Å². The number of nitrogens with zero attached hydrogens (tertiary/aromatic N) is 6. The number of rotatable bonds is 5. The van der Waals surface area contributed by atoms with Crippen molar-refractivity contribution in [3.05, 3.63) is 70.9 Å². The highest BCUT2D eigenvalue weighted by Gasteiger charge is 2.15. The third-order valence-corrected chi connectivity index (χ3v) is 5.12. The highest BCUT2D eigenvalue weighted by atomic mass is 16.1. The maximum absolute atomic E-state index is 12.6. The predicted molar refractivity (Wildman–Crippen MR) is 119 cm³/mol. The number of aromatic nitrogens is 6. The number of nitrogens with one attached hydrogen (secondary N) is 1. The standard InChI is InChI=1S/C23H27N7O/c1-15-12-16(2)30-22(25-15)26-19(28-30)13-21(31)27-20-10-11-24-29(20)14-17-6-8-18(9-7-17)23(3,4)5/h6-12H,13-14H2,1-5H3,(H,27,31). The zero-order chi connectivity index (χ0) is 22.2. The van der Waals surface area contributed by atoms with Gasteiger partial charge in [0, 0.05) is 17.5 Å². The van der Waals surface area contributed by atoms with Crippen LogP contribution in [0.5, 0.6) is 0 Å². The fraction of sp³-hybridized carbons (Fsp3) is 0.348. The Kier molecular flexibility index (Phi) is 5.31. The van der Waals surface area contributed by atoms with Gasteiger partial charge in [0.15, 0.2) is 5.82 Å². The van der Waals surface area contributed by atoms with Crippen molar-refractivity contribution in [3.8, 4) is 0 Å². The number of anilines is 1. The Labute approximate surface area is 181 Å². The van der Waals surface area contributed by atoms with Crippen LogP contribution >= 0.6 is 0 Å². The van der Waals surface area contributed by atoms with Crippen molar-refractivity contribution in [3.63, 3.8) is 0 Å². The van der Waals surface area contributed by atoms with E-state index < -0.39 is 0 Å². The van der Waals surface area contributed by atoms with Crippen molar-refractivity contribution >= 4 is 17.5 Å². The Bertz CT molecular complexity index is 1230. The molecule has 1 N–H and O–H groups in total. The summed E-state index contributed by atoms with van der Waals surface area (Å²) in [4.78, 5) is 21.4. The van der Waals surface area contributed by atoms with Crippen LogP contribution in [-0.2, 0) is 23.2 Å². The minimum Gasteiger partial charge on any atom is -0.311 e. The van der Waals surface area contributed by atoms with Crippen LogP contribution in [0, 0.1) is 13.8 Å². The van der Waals surface area contributed by atoms with E-state index in [9.17, 15) is 4.79 Å². The van der Waals surface area contributed by atoms with Crippen molar-refractivity contribution in [2.45, 2.75) is 53.0 Å². The van der Waals surface area contributed by atoms with E-state index in [1.165, 1.54) is 5.56 Å². The molecule has 4 rings (SSSR count). The molecule has 3 heterocycles. The van der Waals surface area contributed by atoms with E-state index in [4.69, 9.17) is 0 Å². The summed E-state index contributed by atoms with van der Waals surface area (Å²) in [6.07, 6.45) is 1.74. The summed E-state index contributed by atoms with van der Waals surface area (Å²) in [6, 6.07) is 12.2. The lowest BCUT2D eigenvalue weighted by Gasteiger charge is -2.19. The van der Waals surface area contributed by atoms with Crippen molar-refractivity contribution < 1.29 is 4.79 Å². The second-order valence-corrected chi connectivity index (χ2v) is 8.82. The smallest absolute Gasteiger partial charge is 0.252 e. The Morgan fingerprint density at radius 2 is 1.81 bits per heavy atom. The molecule has 0 radical (unpaired) electrons. The molecule has 31 heavy (non-hydrogen) atoms. The summed E-state index contributed by atoms with van der Waals surface area (Å²) in [6.45, 7) is 11.0. The van der Waals surface area contributed by atoms with Crippen LogP contribution in [0.25, 0.3) is 5.78 Å². The number of benzene rings is 1. The zero-order valence-corrected chi connectivity index (χ0v) is 18.5. The zero-order valence-electron chi connectivity index (χ0n) is 18.5. The second-order valence-electron chi connectivity index (χ2n) is 8.82. The Morgan fingerprint density at radius 3 is 2.52 bits per heavy atom. The van der Waals surface area contributed by atoms with Crippen LogP contribution in [0.15, 0.2) is 42.6 Å². The molecule has 0 aliphatic carbocycles. The van der Waals surface area contributed by atoms with Crippen molar-refractivity contribution in [1.82, 2.24) is 29.4 Å². The van der Waals surface area contributed by atoms with E-state index in [1.54, 1.807) is 21.5 Å². The van der Waals surface area contributed by atoms with Gasteiger partial charge in [-0.25, -0.2) is 14.2 Å². The van der Waals surface area contributed by atoms with Crippen LogP contribution in [-0.4, -0.2) is 35.3 Å². The van der Waals surface area contributed by atoms with Crippen LogP contribution < -0.4 is 5.32 Å².